The SMILES string of the molecule is COc1cc(OC)c2c(c1[N+](=O)[O-])S(=O)(=O)C[C@@H]1[C@@]3(C)CCCC(C)(C)[C@@H]3CC[C@@]21C. The summed E-state index contributed by atoms with van der Waals surface area (Å²) < 4.78 is 38.3. The van der Waals surface area contributed by atoms with E-state index in [-0.39, 0.29) is 33.1 Å². The third-order valence-electron chi connectivity index (χ3n) is 8.87. The number of hydrogen-bond acceptors (Lipinski definition) is 6. The molecular weight excluding hydrogens is 418 g/mol. The Balaban J connectivity index is 2.04. The molecule has 1 aromatic carbocycles. The Hall–Kier alpha value is -1.83. The van der Waals surface area contributed by atoms with Crippen LogP contribution in [0.25, 0.3) is 0 Å². The summed E-state index contributed by atoms with van der Waals surface area (Å²) >= 11 is 0. The molecule has 8 heteroatoms. The van der Waals surface area contributed by atoms with E-state index in [2.05, 4.69) is 27.7 Å². The average molecular weight is 452 g/mol. The summed E-state index contributed by atoms with van der Waals surface area (Å²) in [5.74, 6) is 0.507. The standard InChI is InChI=1S/C23H33NO6S/c1-21(2)9-7-10-22(3)16(21)8-11-23(4)17(22)13-31(27,28)20-18(23)14(29-5)12-15(30-6)19(20)24(25)26/h12,16-17H,7-11,13H2,1-6H3/t16-,17+,22-,23+/m0/s1. The van der Waals surface area contributed by atoms with Crippen LogP contribution in [0.1, 0.15) is 65.4 Å². The third kappa shape index (κ3) is 2.93. The molecule has 4 rings (SSSR count). The average Bonchev–Trinajstić information content (AvgIpc) is 2.67. The molecular formula is C23H33NO6S. The van der Waals surface area contributed by atoms with E-state index in [1.54, 1.807) is 0 Å². The van der Waals surface area contributed by atoms with Gasteiger partial charge in [0.1, 0.15) is 5.75 Å². The lowest BCUT2D eigenvalue weighted by atomic mass is 9.43. The van der Waals surface area contributed by atoms with Crippen molar-refractivity contribution in [1.29, 1.82) is 0 Å². The maximum atomic E-state index is 13.7. The van der Waals surface area contributed by atoms with Crippen LogP contribution in [0, 0.1) is 32.8 Å². The lowest BCUT2D eigenvalue weighted by molar-refractivity contribution is -0.389. The number of benzene rings is 1. The van der Waals surface area contributed by atoms with Crippen LogP contribution in [-0.4, -0.2) is 33.3 Å². The van der Waals surface area contributed by atoms with Gasteiger partial charge in [-0.15, -0.1) is 0 Å². The molecule has 0 amide bonds. The maximum absolute atomic E-state index is 13.7. The van der Waals surface area contributed by atoms with E-state index < -0.39 is 25.9 Å². The van der Waals surface area contributed by atoms with Gasteiger partial charge < -0.3 is 9.47 Å². The molecule has 0 radical (unpaired) electrons. The number of rotatable bonds is 3. The van der Waals surface area contributed by atoms with Crippen molar-refractivity contribution < 1.29 is 22.8 Å². The quantitative estimate of drug-likeness (QED) is 0.479. The van der Waals surface area contributed by atoms with Gasteiger partial charge in [-0.25, -0.2) is 8.42 Å². The molecule has 2 fully saturated rings. The normalized spacial score (nSPS) is 35.3. The highest BCUT2D eigenvalue weighted by Gasteiger charge is 2.63. The Kier molecular flexibility index (Phi) is 4.93. The molecule has 2 saturated carbocycles. The molecule has 1 aliphatic heterocycles. The van der Waals surface area contributed by atoms with Gasteiger partial charge in [-0.1, -0.05) is 34.1 Å². The van der Waals surface area contributed by atoms with E-state index in [1.807, 2.05) is 0 Å². The summed E-state index contributed by atoms with van der Waals surface area (Å²) in [5, 5.41) is 12.0. The highest BCUT2D eigenvalue weighted by molar-refractivity contribution is 7.91. The first kappa shape index (κ1) is 22.4. The highest BCUT2D eigenvalue weighted by atomic mass is 32.2. The fourth-order valence-electron chi connectivity index (χ4n) is 7.56. The number of nitro benzene ring substituents is 1. The number of fused-ring (bicyclic) bond motifs is 5. The largest absolute Gasteiger partial charge is 0.496 e. The zero-order chi connectivity index (χ0) is 23.0. The fraction of sp³-hybridized carbons (Fsp3) is 0.739. The van der Waals surface area contributed by atoms with Gasteiger partial charge in [-0.05, 0) is 48.3 Å². The minimum absolute atomic E-state index is 0.0727. The lowest BCUT2D eigenvalue weighted by Gasteiger charge is -2.63. The number of nitro groups is 1. The van der Waals surface area contributed by atoms with Crippen LogP contribution in [0.5, 0.6) is 11.5 Å². The second kappa shape index (κ2) is 6.83. The molecule has 1 aromatic rings. The molecule has 3 aliphatic rings. The van der Waals surface area contributed by atoms with Gasteiger partial charge in [0.05, 0.1) is 24.9 Å². The van der Waals surface area contributed by atoms with Crippen LogP contribution >= 0.6 is 0 Å². The van der Waals surface area contributed by atoms with Crippen molar-refractivity contribution in [3.63, 3.8) is 0 Å². The molecule has 2 aliphatic carbocycles. The summed E-state index contributed by atoms with van der Waals surface area (Å²) in [6.45, 7) is 8.96. The van der Waals surface area contributed by atoms with Gasteiger partial charge in [0.2, 0.25) is 5.75 Å². The smallest absolute Gasteiger partial charge is 0.330 e. The zero-order valence-electron chi connectivity index (χ0n) is 19.3. The van der Waals surface area contributed by atoms with Crippen molar-refractivity contribution in [1.82, 2.24) is 0 Å². The Morgan fingerprint density at radius 2 is 1.68 bits per heavy atom. The monoisotopic (exact) mass is 451 g/mol. The Morgan fingerprint density at radius 1 is 1.03 bits per heavy atom. The Bertz CT molecular complexity index is 1050. The zero-order valence-corrected chi connectivity index (χ0v) is 20.1. The maximum Gasteiger partial charge on any atom is 0.330 e. The predicted molar refractivity (Wildman–Crippen MR) is 118 cm³/mol. The topological polar surface area (TPSA) is 95.7 Å². The van der Waals surface area contributed by atoms with E-state index >= 15 is 0 Å². The Labute approximate surface area is 184 Å². The van der Waals surface area contributed by atoms with Gasteiger partial charge in [-0.2, -0.15) is 0 Å². The minimum atomic E-state index is -3.92. The van der Waals surface area contributed by atoms with Gasteiger partial charge in [0.15, 0.2) is 14.7 Å². The first-order chi connectivity index (χ1) is 14.3. The first-order valence-electron chi connectivity index (χ1n) is 11.0. The van der Waals surface area contributed by atoms with Crippen LogP contribution in [0.15, 0.2) is 11.0 Å². The number of sulfone groups is 1. The molecule has 0 saturated heterocycles. The van der Waals surface area contributed by atoms with E-state index in [4.69, 9.17) is 9.47 Å². The molecule has 0 unspecified atom stereocenters. The van der Waals surface area contributed by atoms with E-state index in [0.717, 1.165) is 32.1 Å². The van der Waals surface area contributed by atoms with Crippen LogP contribution in [0.4, 0.5) is 5.69 Å². The molecule has 4 atom stereocenters. The van der Waals surface area contributed by atoms with E-state index in [9.17, 15) is 18.5 Å². The Morgan fingerprint density at radius 3 is 2.26 bits per heavy atom. The fourth-order valence-corrected chi connectivity index (χ4v) is 10.0. The van der Waals surface area contributed by atoms with Crippen LogP contribution in [-0.2, 0) is 15.3 Å². The van der Waals surface area contributed by atoms with Gasteiger partial charge in [-0.3, -0.25) is 10.1 Å². The molecule has 31 heavy (non-hydrogen) atoms. The lowest BCUT2D eigenvalue weighted by Crippen LogP contribution is -2.60. The molecule has 7 nitrogen and oxygen atoms in total. The van der Waals surface area contributed by atoms with Crippen molar-refractivity contribution in [3.05, 3.63) is 21.7 Å². The minimum Gasteiger partial charge on any atom is -0.496 e. The van der Waals surface area contributed by atoms with Gasteiger partial charge in [0, 0.05) is 17.0 Å². The van der Waals surface area contributed by atoms with Crippen molar-refractivity contribution >= 4 is 15.5 Å². The number of methoxy groups -OCH3 is 2. The van der Waals surface area contributed by atoms with Gasteiger partial charge >= 0.3 is 5.69 Å². The predicted octanol–water partition coefficient (Wildman–Crippen LogP) is 4.90. The first-order valence-corrected chi connectivity index (χ1v) is 12.7. The van der Waals surface area contributed by atoms with Crippen LogP contribution in [0.3, 0.4) is 0 Å². The molecule has 172 valence electrons. The van der Waals surface area contributed by atoms with Gasteiger partial charge in [0.25, 0.3) is 0 Å². The third-order valence-corrected chi connectivity index (χ3v) is 10.7. The summed E-state index contributed by atoms with van der Waals surface area (Å²) in [4.78, 5) is 11.2. The van der Waals surface area contributed by atoms with Crippen molar-refractivity contribution in [2.75, 3.05) is 20.0 Å². The second-order valence-electron chi connectivity index (χ2n) is 10.8. The summed E-state index contributed by atoms with van der Waals surface area (Å²) in [7, 11) is -1.13. The molecule has 0 spiro atoms. The van der Waals surface area contributed by atoms with Crippen molar-refractivity contribution in [2.24, 2.45) is 22.7 Å². The summed E-state index contributed by atoms with van der Waals surface area (Å²) in [6, 6.07) is 1.49. The number of nitrogens with zero attached hydrogens (tertiary/aromatic N) is 1. The molecule has 0 N–H and O–H groups in total. The highest BCUT2D eigenvalue weighted by Crippen LogP contribution is 2.68. The van der Waals surface area contributed by atoms with Crippen LogP contribution < -0.4 is 9.47 Å². The second-order valence-corrected chi connectivity index (χ2v) is 12.8. The molecule has 0 aromatic heterocycles. The van der Waals surface area contributed by atoms with E-state index in [0.29, 0.717) is 17.2 Å². The van der Waals surface area contributed by atoms with Crippen LogP contribution in [0.2, 0.25) is 0 Å². The molecule has 0 bridgehead atoms. The summed E-state index contributed by atoms with van der Waals surface area (Å²) in [5.41, 5.74) is -0.522. The van der Waals surface area contributed by atoms with E-state index in [1.165, 1.54) is 20.3 Å². The number of ether oxygens (including phenoxy) is 2. The molecule has 1 heterocycles. The number of hydrogen-bond donors (Lipinski definition) is 0. The van der Waals surface area contributed by atoms with Crippen molar-refractivity contribution in [2.45, 2.75) is 70.1 Å². The van der Waals surface area contributed by atoms with Crippen molar-refractivity contribution in [3.8, 4) is 11.5 Å². The summed E-state index contributed by atoms with van der Waals surface area (Å²) in [6.07, 6.45) is 4.95.